The molecule has 1 aromatic rings. The zero-order valence-electron chi connectivity index (χ0n) is 10.4. The van der Waals surface area contributed by atoms with Crippen molar-refractivity contribution in [1.29, 1.82) is 0 Å². The molecule has 0 spiro atoms. The minimum absolute atomic E-state index is 0.737. The van der Waals surface area contributed by atoms with Gasteiger partial charge in [0.2, 0.25) is 0 Å². The minimum Gasteiger partial charge on any atom is -0.330 e. The van der Waals surface area contributed by atoms with Crippen LogP contribution in [-0.2, 0) is 0 Å². The van der Waals surface area contributed by atoms with Crippen LogP contribution in [0.2, 0.25) is 0 Å². The lowest BCUT2D eigenvalue weighted by atomic mass is 9.98. The third-order valence-electron chi connectivity index (χ3n) is 4.34. The van der Waals surface area contributed by atoms with Crippen molar-refractivity contribution in [1.82, 2.24) is 4.90 Å². The van der Waals surface area contributed by atoms with E-state index < -0.39 is 0 Å². The van der Waals surface area contributed by atoms with Crippen LogP contribution in [0.1, 0.15) is 30.7 Å². The molecule has 0 amide bonds. The van der Waals surface area contributed by atoms with Crippen LogP contribution in [0.15, 0.2) is 30.3 Å². The third kappa shape index (κ3) is 2.38. The topological polar surface area (TPSA) is 29.3 Å². The quantitative estimate of drug-likeness (QED) is 0.862. The first-order valence-electron chi connectivity index (χ1n) is 6.87. The van der Waals surface area contributed by atoms with Gasteiger partial charge in [-0.2, -0.15) is 0 Å². The molecule has 2 fully saturated rings. The largest absolute Gasteiger partial charge is 0.330 e. The summed E-state index contributed by atoms with van der Waals surface area (Å²) in [5.74, 6) is 1.52. The number of hydrogen-bond donors (Lipinski definition) is 1. The molecule has 2 aliphatic rings. The Hall–Kier alpha value is -0.860. The molecule has 2 nitrogen and oxygen atoms in total. The van der Waals surface area contributed by atoms with Gasteiger partial charge >= 0.3 is 0 Å². The van der Waals surface area contributed by atoms with Gasteiger partial charge in [0.05, 0.1) is 0 Å². The summed E-state index contributed by atoms with van der Waals surface area (Å²) in [6, 6.07) is 11.8. The maximum Gasteiger partial charge on any atom is 0.0171 e. The SMILES string of the molecule is NCC1CCCN(C2CC2c2ccccc2)C1. The molecule has 1 aliphatic carbocycles. The van der Waals surface area contributed by atoms with Gasteiger partial charge in [0, 0.05) is 18.5 Å². The predicted octanol–water partition coefficient (Wildman–Crippen LogP) is 2.21. The van der Waals surface area contributed by atoms with Crippen molar-refractivity contribution in [3.05, 3.63) is 35.9 Å². The Bertz CT molecular complexity index is 362. The van der Waals surface area contributed by atoms with Crippen LogP contribution in [0.3, 0.4) is 0 Å². The second-order valence-corrected chi connectivity index (χ2v) is 5.56. The van der Waals surface area contributed by atoms with E-state index in [-0.39, 0.29) is 0 Å². The zero-order valence-corrected chi connectivity index (χ0v) is 10.4. The molecule has 0 bridgehead atoms. The molecule has 1 aromatic carbocycles. The molecule has 2 N–H and O–H groups in total. The highest BCUT2D eigenvalue weighted by molar-refractivity contribution is 5.27. The molecule has 1 saturated heterocycles. The van der Waals surface area contributed by atoms with Gasteiger partial charge in [-0.05, 0) is 43.8 Å². The summed E-state index contributed by atoms with van der Waals surface area (Å²) in [5.41, 5.74) is 7.33. The van der Waals surface area contributed by atoms with Crippen LogP contribution in [0.5, 0.6) is 0 Å². The van der Waals surface area contributed by atoms with E-state index in [9.17, 15) is 0 Å². The maximum atomic E-state index is 5.81. The lowest BCUT2D eigenvalue weighted by molar-refractivity contribution is 0.167. The molecular formula is C15H22N2. The van der Waals surface area contributed by atoms with Gasteiger partial charge in [0.1, 0.15) is 0 Å². The first-order chi connectivity index (χ1) is 8.38. The highest BCUT2D eigenvalue weighted by Crippen LogP contribution is 2.45. The number of hydrogen-bond acceptors (Lipinski definition) is 2. The molecule has 92 valence electrons. The minimum atomic E-state index is 0.737. The highest BCUT2D eigenvalue weighted by atomic mass is 15.2. The smallest absolute Gasteiger partial charge is 0.0171 e. The van der Waals surface area contributed by atoms with Gasteiger partial charge in [-0.1, -0.05) is 30.3 Å². The fourth-order valence-electron chi connectivity index (χ4n) is 3.23. The van der Waals surface area contributed by atoms with Gasteiger partial charge in [0.15, 0.2) is 0 Å². The lowest BCUT2D eigenvalue weighted by Crippen LogP contribution is -2.40. The van der Waals surface area contributed by atoms with Crippen molar-refractivity contribution in [2.24, 2.45) is 11.7 Å². The first kappa shape index (κ1) is 11.2. The molecule has 3 rings (SSSR count). The van der Waals surface area contributed by atoms with Crippen LogP contribution >= 0.6 is 0 Å². The highest BCUT2D eigenvalue weighted by Gasteiger charge is 2.43. The van der Waals surface area contributed by atoms with E-state index in [0.29, 0.717) is 0 Å². The fraction of sp³-hybridized carbons (Fsp3) is 0.600. The van der Waals surface area contributed by atoms with Gasteiger partial charge in [-0.15, -0.1) is 0 Å². The Morgan fingerprint density at radius 2 is 2.06 bits per heavy atom. The summed E-state index contributed by atoms with van der Waals surface area (Å²) in [5, 5.41) is 0. The van der Waals surface area contributed by atoms with E-state index in [1.165, 1.54) is 37.9 Å². The van der Waals surface area contributed by atoms with E-state index in [1.807, 2.05) is 0 Å². The standard InChI is InChI=1S/C15H22N2/c16-10-12-5-4-8-17(11-12)15-9-14(15)13-6-2-1-3-7-13/h1-3,6-7,12,14-15H,4-5,8-11,16H2. The summed E-state index contributed by atoms with van der Waals surface area (Å²) >= 11 is 0. The molecular weight excluding hydrogens is 208 g/mol. The van der Waals surface area contributed by atoms with Gasteiger partial charge in [-0.3, -0.25) is 4.90 Å². The van der Waals surface area contributed by atoms with Crippen molar-refractivity contribution >= 4 is 0 Å². The van der Waals surface area contributed by atoms with E-state index in [0.717, 1.165) is 24.4 Å². The zero-order chi connectivity index (χ0) is 11.7. The molecule has 3 unspecified atom stereocenters. The van der Waals surface area contributed by atoms with Crippen LogP contribution in [0, 0.1) is 5.92 Å². The number of benzene rings is 1. The van der Waals surface area contributed by atoms with Crippen LogP contribution < -0.4 is 5.73 Å². The van der Waals surface area contributed by atoms with Crippen molar-refractivity contribution in [2.45, 2.75) is 31.2 Å². The number of nitrogens with two attached hydrogens (primary N) is 1. The average Bonchev–Trinajstić information content (AvgIpc) is 3.20. The molecule has 0 aromatic heterocycles. The number of likely N-dealkylation sites (tertiary alicyclic amines) is 1. The molecule has 0 radical (unpaired) electrons. The maximum absolute atomic E-state index is 5.81. The second-order valence-electron chi connectivity index (χ2n) is 5.56. The second kappa shape index (κ2) is 4.79. The van der Waals surface area contributed by atoms with Crippen molar-refractivity contribution in [3.8, 4) is 0 Å². The van der Waals surface area contributed by atoms with Crippen molar-refractivity contribution in [2.75, 3.05) is 19.6 Å². The third-order valence-corrected chi connectivity index (χ3v) is 4.34. The Morgan fingerprint density at radius 3 is 2.82 bits per heavy atom. The monoisotopic (exact) mass is 230 g/mol. The van der Waals surface area contributed by atoms with Crippen LogP contribution in [0.4, 0.5) is 0 Å². The Labute approximate surface area is 104 Å². The molecule has 3 atom stereocenters. The normalized spacial score (nSPS) is 33.6. The average molecular weight is 230 g/mol. The van der Waals surface area contributed by atoms with Gasteiger partial charge in [0.25, 0.3) is 0 Å². The Balaban J connectivity index is 1.61. The molecule has 1 aliphatic heterocycles. The lowest BCUT2D eigenvalue weighted by Gasteiger charge is -2.32. The van der Waals surface area contributed by atoms with Gasteiger partial charge < -0.3 is 5.73 Å². The molecule has 17 heavy (non-hydrogen) atoms. The molecule has 1 heterocycles. The van der Waals surface area contributed by atoms with Crippen molar-refractivity contribution in [3.63, 3.8) is 0 Å². The summed E-state index contributed by atoms with van der Waals surface area (Å²) in [6.07, 6.45) is 4.01. The predicted molar refractivity (Wildman–Crippen MR) is 70.9 cm³/mol. The summed E-state index contributed by atoms with van der Waals surface area (Å²) < 4.78 is 0. The Morgan fingerprint density at radius 1 is 1.24 bits per heavy atom. The molecule has 2 heteroatoms. The summed E-state index contributed by atoms with van der Waals surface area (Å²) in [4.78, 5) is 2.68. The number of nitrogens with zero attached hydrogens (tertiary/aromatic N) is 1. The van der Waals surface area contributed by atoms with Crippen LogP contribution in [-0.4, -0.2) is 30.6 Å². The van der Waals surface area contributed by atoms with Crippen LogP contribution in [0.25, 0.3) is 0 Å². The van der Waals surface area contributed by atoms with E-state index >= 15 is 0 Å². The number of piperidine rings is 1. The summed E-state index contributed by atoms with van der Waals surface area (Å²) in [7, 11) is 0. The van der Waals surface area contributed by atoms with Crippen molar-refractivity contribution < 1.29 is 0 Å². The molecule has 1 saturated carbocycles. The number of rotatable bonds is 3. The van der Waals surface area contributed by atoms with E-state index in [2.05, 4.69) is 35.2 Å². The fourth-order valence-corrected chi connectivity index (χ4v) is 3.23. The van der Waals surface area contributed by atoms with E-state index in [4.69, 9.17) is 5.73 Å². The van der Waals surface area contributed by atoms with E-state index in [1.54, 1.807) is 0 Å². The first-order valence-corrected chi connectivity index (χ1v) is 6.87. The summed E-state index contributed by atoms with van der Waals surface area (Å²) in [6.45, 7) is 3.37. The Kier molecular flexibility index (Phi) is 3.17. The van der Waals surface area contributed by atoms with Gasteiger partial charge in [-0.25, -0.2) is 0 Å².